The topological polar surface area (TPSA) is 212 Å². The molecule has 0 radical (unpaired) electrons. The Labute approximate surface area is 246 Å². The molecule has 6 unspecified atom stereocenters. The molecule has 0 saturated carbocycles. The maximum Gasteiger partial charge on any atom is 0.303 e. The van der Waals surface area contributed by atoms with Gasteiger partial charge in [-0.25, -0.2) is 0 Å². The van der Waals surface area contributed by atoms with Gasteiger partial charge in [-0.15, -0.1) is 0 Å². The number of hydrogen-bond donors (Lipinski definition) is 0. The summed E-state index contributed by atoms with van der Waals surface area (Å²) in [5, 5.41) is 0. The van der Waals surface area contributed by atoms with Gasteiger partial charge in [0.25, 0.3) is 0 Å². The van der Waals surface area contributed by atoms with E-state index in [9.17, 15) is 33.6 Å². The van der Waals surface area contributed by atoms with Crippen LogP contribution in [0.15, 0.2) is 0 Å². The second kappa shape index (κ2) is 16.1. The van der Waals surface area contributed by atoms with Crippen molar-refractivity contribution in [3.63, 3.8) is 0 Å². The maximum atomic E-state index is 12.2. The van der Waals surface area contributed by atoms with Crippen molar-refractivity contribution in [2.75, 3.05) is 19.8 Å². The zero-order valence-corrected chi connectivity index (χ0v) is 24.8. The van der Waals surface area contributed by atoms with Crippen molar-refractivity contribution in [3.8, 4) is 0 Å². The van der Waals surface area contributed by atoms with Crippen molar-refractivity contribution >= 4 is 41.8 Å². The van der Waals surface area contributed by atoms with Gasteiger partial charge in [0.15, 0.2) is 36.8 Å². The fourth-order valence-electron chi connectivity index (χ4n) is 4.44. The Bertz CT molecular complexity index is 1060. The Hall–Kier alpha value is -3.83. The van der Waals surface area contributed by atoms with Crippen LogP contribution in [0.3, 0.4) is 0 Å². The van der Waals surface area contributed by atoms with E-state index in [1.807, 2.05) is 0 Å². The third kappa shape index (κ3) is 11.1. The summed E-state index contributed by atoms with van der Waals surface area (Å²) in [5.41, 5.74) is 0. The lowest BCUT2D eigenvalue weighted by molar-refractivity contribution is -0.340. The van der Waals surface area contributed by atoms with Gasteiger partial charge >= 0.3 is 41.8 Å². The van der Waals surface area contributed by atoms with Crippen molar-refractivity contribution in [2.24, 2.45) is 0 Å². The van der Waals surface area contributed by atoms with Crippen molar-refractivity contribution in [1.29, 1.82) is 0 Å². The minimum Gasteiger partial charge on any atom is -0.463 e. The van der Waals surface area contributed by atoms with E-state index in [2.05, 4.69) is 0 Å². The summed E-state index contributed by atoms with van der Waals surface area (Å²) in [6.45, 7) is 6.37. The number of carbonyl (C=O) groups is 7. The predicted molar refractivity (Wildman–Crippen MR) is 134 cm³/mol. The van der Waals surface area contributed by atoms with Crippen LogP contribution in [0.5, 0.6) is 0 Å². The molecule has 2 saturated heterocycles. The van der Waals surface area contributed by atoms with Gasteiger partial charge in [-0.3, -0.25) is 33.6 Å². The van der Waals surface area contributed by atoms with E-state index in [-0.39, 0.29) is 6.61 Å². The lowest BCUT2D eigenvalue weighted by atomic mass is 9.96. The van der Waals surface area contributed by atoms with E-state index in [1.54, 1.807) is 0 Å². The summed E-state index contributed by atoms with van der Waals surface area (Å²) in [5.74, 6) is -5.53. The van der Waals surface area contributed by atoms with E-state index in [1.165, 1.54) is 0 Å². The monoisotopic (exact) mass is 620 g/mol. The van der Waals surface area contributed by atoms with Crippen molar-refractivity contribution in [2.45, 2.75) is 104 Å². The first kappa shape index (κ1) is 35.4. The molecule has 2 aliphatic rings. The molecule has 0 aromatic carbocycles. The highest BCUT2D eigenvalue weighted by Gasteiger charge is 2.56. The normalized spacial score (nSPS) is 30.2. The molecule has 2 heterocycles. The van der Waals surface area contributed by atoms with Crippen molar-refractivity contribution in [1.82, 2.24) is 0 Å². The number of ether oxygens (including phenoxy) is 10. The highest BCUT2D eigenvalue weighted by atomic mass is 16.8. The first-order chi connectivity index (χ1) is 20.1. The summed E-state index contributed by atoms with van der Waals surface area (Å²) in [4.78, 5) is 83.3. The molecule has 242 valence electrons. The Morgan fingerprint density at radius 2 is 0.953 bits per heavy atom. The van der Waals surface area contributed by atoms with Crippen LogP contribution >= 0.6 is 0 Å². The van der Waals surface area contributed by atoms with Gasteiger partial charge < -0.3 is 47.4 Å². The zero-order valence-electron chi connectivity index (χ0n) is 24.8. The van der Waals surface area contributed by atoms with Crippen LogP contribution in [0.4, 0.5) is 0 Å². The molecule has 2 fully saturated rings. The third-order valence-corrected chi connectivity index (χ3v) is 5.84. The van der Waals surface area contributed by atoms with Gasteiger partial charge in [-0.05, 0) is 0 Å². The summed E-state index contributed by atoms with van der Waals surface area (Å²) < 4.78 is 54.8. The molecule has 43 heavy (non-hydrogen) atoms. The van der Waals surface area contributed by atoms with E-state index >= 15 is 0 Å². The molecule has 0 amide bonds. The van der Waals surface area contributed by atoms with Crippen molar-refractivity contribution < 1.29 is 80.9 Å². The van der Waals surface area contributed by atoms with Gasteiger partial charge in [0, 0.05) is 48.5 Å². The number of esters is 7. The SMILES string of the molecule is CC(=O)OCC1OCC(OC(C)=O)C(OC(C)=O)[C@@H]1O[C@@H]1OC(COC(C)=O)[C@@H](OC(C)=O)C(OC(C)=O)C1OC(C)=O. The van der Waals surface area contributed by atoms with Gasteiger partial charge in [-0.1, -0.05) is 0 Å². The Morgan fingerprint density at radius 3 is 1.44 bits per heavy atom. The van der Waals surface area contributed by atoms with Crippen LogP contribution in [0.25, 0.3) is 0 Å². The van der Waals surface area contributed by atoms with Gasteiger partial charge in [0.05, 0.1) is 6.61 Å². The van der Waals surface area contributed by atoms with E-state index in [4.69, 9.17) is 47.4 Å². The van der Waals surface area contributed by atoms with E-state index in [0.29, 0.717) is 0 Å². The van der Waals surface area contributed by atoms with Crippen LogP contribution in [0.2, 0.25) is 0 Å². The highest BCUT2D eigenvalue weighted by Crippen LogP contribution is 2.33. The lowest BCUT2D eigenvalue weighted by Crippen LogP contribution is -2.66. The largest absolute Gasteiger partial charge is 0.463 e. The lowest BCUT2D eigenvalue weighted by Gasteiger charge is -2.47. The predicted octanol–water partition coefficient (Wildman–Crippen LogP) is -0.720. The highest BCUT2D eigenvalue weighted by molar-refractivity contribution is 5.69. The molecule has 9 atom stereocenters. The molecule has 2 aliphatic heterocycles. The van der Waals surface area contributed by atoms with E-state index in [0.717, 1.165) is 48.5 Å². The summed E-state index contributed by atoms with van der Waals surface area (Å²) in [6.07, 6.45) is -12.9. The Kier molecular flexibility index (Phi) is 13.3. The molecule has 0 aromatic heterocycles. The fourth-order valence-corrected chi connectivity index (χ4v) is 4.44. The summed E-state index contributed by atoms with van der Waals surface area (Å²) in [7, 11) is 0. The minimum absolute atomic E-state index is 0.290. The van der Waals surface area contributed by atoms with Gasteiger partial charge in [0.2, 0.25) is 0 Å². The van der Waals surface area contributed by atoms with Crippen LogP contribution < -0.4 is 0 Å². The molecular weight excluding hydrogens is 584 g/mol. The Balaban J connectivity index is 2.62. The summed E-state index contributed by atoms with van der Waals surface area (Å²) >= 11 is 0. The molecular formula is C26H36O17. The fraction of sp³-hybridized carbons (Fsp3) is 0.731. The maximum absolute atomic E-state index is 12.2. The average Bonchev–Trinajstić information content (AvgIpc) is 2.86. The zero-order chi connectivity index (χ0) is 32.4. The molecule has 0 aliphatic carbocycles. The quantitative estimate of drug-likeness (QED) is 0.206. The average molecular weight is 621 g/mol. The smallest absolute Gasteiger partial charge is 0.303 e. The van der Waals surface area contributed by atoms with Gasteiger partial charge in [0.1, 0.15) is 31.5 Å². The van der Waals surface area contributed by atoms with Crippen LogP contribution in [-0.2, 0) is 80.9 Å². The number of carbonyl (C=O) groups excluding carboxylic acids is 7. The minimum atomic E-state index is -1.71. The number of rotatable bonds is 11. The van der Waals surface area contributed by atoms with Crippen LogP contribution in [0.1, 0.15) is 48.5 Å². The second-order valence-corrected chi connectivity index (χ2v) is 9.56. The standard InChI is InChI=1S/C26H36O17/c1-11(27)34-8-18-21(22(38-14(4)30)19(10-36-18)37-13(3)29)43-26-25(41-17(7)33)24(40-16(6)32)23(39-15(5)31)20(42-26)9-35-12(2)28/h18-26H,8-10H2,1-7H3/t18?,19?,20?,21-,22?,23-,24?,25?,26+/m1/s1. The van der Waals surface area contributed by atoms with Crippen LogP contribution in [-0.4, -0.2) is 117 Å². The molecule has 17 heteroatoms. The second-order valence-electron chi connectivity index (χ2n) is 9.56. The van der Waals surface area contributed by atoms with Crippen molar-refractivity contribution in [3.05, 3.63) is 0 Å². The summed E-state index contributed by atoms with van der Waals surface area (Å²) in [6, 6.07) is 0. The van der Waals surface area contributed by atoms with Gasteiger partial charge in [-0.2, -0.15) is 0 Å². The molecule has 0 spiro atoms. The molecule has 0 aromatic rings. The molecule has 17 nitrogen and oxygen atoms in total. The molecule has 2 rings (SSSR count). The molecule has 0 bridgehead atoms. The van der Waals surface area contributed by atoms with E-state index < -0.39 is 110 Å². The van der Waals surface area contributed by atoms with Crippen LogP contribution in [0, 0.1) is 0 Å². The first-order valence-corrected chi connectivity index (χ1v) is 13.1. The first-order valence-electron chi connectivity index (χ1n) is 13.1. The molecule has 0 N–H and O–H groups in total. The third-order valence-electron chi connectivity index (χ3n) is 5.84. The Morgan fingerprint density at radius 1 is 0.512 bits per heavy atom. The number of hydrogen-bond acceptors (Lipinski definition) is 17.